The van der Waals surface area contributed by atoms with E-state index in [0.717, 1.165) is 18.2 Å². The Morgan fingerprint density at radius 2 is 2.11 bits per heavy atom. The van der Waals surface area contributed by atoms with Gasteiger partial charge in [0, 0.05) is 19.2 Å². The molecule has 0 atom stereocenters. The highest BCUT2D eigenvalue weighted by Crippen LogP contribution is 2.24. The molecule has 1 aromatic heterocycles. The second kappa shape index (κ2) is 4.86. The number of aromatic nitrogens is 2. The van der Waals surface area contributed by atoms with E-state index in [0.29, 0.717) is 0 Å². The minimum atomic E-state index is -0.738. The highest BCUT2D eigenvalue weighted by atomic mass is 19.1. The number of anilines is 2. The molecule has 2 rings (SSSR count). The molecular formula is C12H8F2N4O. The Labute approximate surface area is 106 Å². The van der Waals surface area contributed by atoms with Crippen LogP contribution in [0, 0.1) is 23.0 Å². The molecule has 0 bridgehead atoms. The Hall–Kier alpha value is -2.75. The molecule has 5 nitrogen and oxygen atoms in total. The van der Waals surface area contributed by atoms with Crippen molar-refractivity contribution in [2.75, 3.05) is 11.9 Å². The third-order valence-electron chi connectivity index (χ3n) is 2.46. The number of hydrogen-bond donors (Lipinski definition) is 1. The molecule has 0 saturated heterocycles. The summed E-state index contributed by atoms with van der Waals surface area (Å²) in [7, 11) is 1.42. The van der Waals surface area contributed by atoms with Gasteiger partial charge < -0.3 is 4.90 Å². The monoisotopic (exact) mass is 262 g/mol. The Kier molecular flexibility index (Phi) is 3.25. The smallest absolute Gasteiger partial charge is 0.327 e. The van der Waals surface area contributed by atoms with Crippen LogP contribution in [-0.2, 0) is 0 Å². The average molecular weight is 262 g/mol. The number of halogens is 2. The second-order valence-electron chi connectivity index (χ2n) is 3.72. The van der Waals surface area contributed by atoms with E-state index >= 15 is 0 Å². The van der Waals surface area contributed by atoms with Crippen LogP contribution >= 0.6 is 0 Å². The lowest BCUT2D eigenvalue weighted by Gasteiger charge is -2.18. The highest BCUT2D eigenvalue weighted by molar-refractivity contribution is 5.60. The van der Waals surface area contributed by atoms with Gasteiger partial charge >= 0.3 is 5.69 Å². The van der Waals surface area contributed by atoms with Gasteiger partial charge in [0.05, 0.1) is 5.69 Å². The lowest BCUT2D eigenvalue weighted by Crippen LogP contribution is -2.20. The summed E-state index contributed by atoms with van der Waals surface area (Å²) in [4.78, 5) is 18.2. The molecule has 19 heavy (non-hydrogen) atoms. The predicted molar refractivity (Wildman–Crippen MR) is 64.0 cm³/mol. The summed E-state index contributed by atoms with van der Waals surface area (Å²) >= 11 is 0. The van der Waals surface area contributed by atoms with E-state index < -0.39 is 17.3 Å². The molecule has 7 heteroatoms. The van der Waals surface area contributed by atoms with E-state index in [-0.39, 0.29) is 17.2 Å². The summed E-state index contributed by atoms with van der Waals surface area (Å²) in [5.74, 6) is -1.23. The average Bonchev–Trinajstić information content (AvgIpc) is 2.40. The summed E-state index contributed by atoms with van der Waals surface area (Å²) in [6.07, 6.45) is 0. The number of benzene rings is 1. The maximum absolute atomic E-state index is 13.6. The first-order valence-corrected chi connectivity index (χ1v) is 5.21. The molecule has 0 radical (unpaired) electrons. The van der Waals surface area contributed by atoms with E-state index in [4.69, 9.17) is 5.26 Å². The van der Waals surface area contributed by atoms with Crippen LogP contribution in [0.1, 0.15) is 5.69 Å². The summed E-state index contributed by atoms with van der Waals surface area (Å²) in [5, 5.41) is 8.74. The first-order chi connectivity index (χ1) is 9.01. The number of rotatable bonds is 2. The summed E-state index contributed by atoms with van der Waals surface area (Å²) in [6, 6.07) is 5.95. The molecule has 0 aliphatic rings. The topological polar surface area (TPSA) is 72.8 Å². The number of nitrogens with zero attached hydrogens (tertiary/aromatic N) is 3. The minimum absolute atomic E-state index is 0.0151. The standard InChI is InChI=1S/C12H8F2N4O/c1-18(10-4-7(13)2-3-9(10)14)11-5-8(6-15)16-12(19)17-11/h2-5H,1H3,(H,16,17,19). The van der Waals surface area contributed by atoms with Gasteiger partial charge in [-0.1, -0.05) is 0 Å². The van der Waals surface area contributed by atoms with Crippen LogP contribution in [0.4, 0.5) is 20.3 Å². The fourth-order valence-electron chi connectivity index (χ4n) is 1.54. The van der Waals surface area contributed by atoms with Crippen molar-refractivity contribution in [3.05, 3.63) is 52.1 Å². The van der Waals surface area contributed by atoms with Crippen LogP contribution in [0.3, 0.4) is 0 Å². The van der Waals surface area contributed by atoms with Crippen LogP contribution < -0.4 is 10.6 Å². The molecule has 1 N–H and O–H groups in total. The molecule has 0 unspecified atom stereocenters. The van der Waals surface area contributed by atoms with Gasteiger partial charge in [-0.15, -0.1) is 0 Å². The van der Waals surface area contributed by atoms with Gasteiger partial charge in [-0.3, -0.25) is 4.98 Å². The lowest BCUT2D eigenvalue weighted by atomic mass is 10.2. The summed E-state index contributed by atoms with van der Waals surface area (Å²) in [6.45, 7) is 0. The molecule has 0 amide bonds. The number of hydrogen-bond acceptors (Lipinski definition) is 4. The van der Waals surface area contributed by atoms with Crippen LogP contribution in [-0.4, -0.2) is 17.0 Å². The van der Waals surface area contributed by atoms with Crippen molar-refractivity contribution in [3.63, 3.8) is 0 Å². The molecule has 0 spiro atoms. The molecule has 96 valence electrons. The van der Waals surface area contributed by atoms with Crippen molar-refractivity contribution in [2.45, 2.75) is 0 Å². The quantitative estimate of drug-likeness (QED) is 0.893. The first kappa shape index (κ1) is 12.7. The van der Waals surface area contributed by atoms with Crippen LogP contribution in [0.5, 0.6) is 0 Å². The van der Waals surface area contributed by atoms with Gasteiger partial charge in [0.15, 0.2) is 0 Å². The van der Waals surface area contributed by atoms with Crippen molar-refractivity contribution in [2.24, 2.45) is 0 Å². The van der Waals surface area contributed by atoms with Crippen LogP contribution in [0.2, 0.25) is 0 Å². The highest BCUT2D eigenvalue weighted by Gasteiger charge is 2.13. The van der Waals surface area contributed by atoms with Gasteiger partial charge in [0.25, 0.3) is 0 Å². The maximum Gasteiger partial charge on any atom is 0.347 e. The van der Waals surface area contributed by atoms with Crippen molar-refractivity contribution < 1.29 is 8.78 Å². The SMILES string of the molecule is CN(c1cc(C#N)[nH]c(=O)n1)c1cc(F)ccc1F. The zero-order valence-electron chi connectivity index (χ0n) is 9.82. The Morgan fingerprint density at radius 1 is 1.37 bits per heavy atom. The summed E-state index contributed by atoms with van der Waals surface area (Å²) in [5.41, 5.74) is -0.835. The fourth-order valence-corrected chi connectivity index (χ4v) is 1.54. The first-order valence-electron chi connectivity index (χ1n) is 5.21. The third kappa shape index (κ3) is 2.57. The lowest BCUT2D eigenvalue weighted by molar-refractivity contribution is 0.600. The molecular weight excluding hydrogens is 254 g/mol. The van der Waals surface area contributed by atoms with E-state index in [1.165, 1.54) is 18.0 Å². The number of nitriles is 1. The molecule has 0 saturated carbocycles. The number of H-pyrrole nitrogens is 1. The second-order valence-corrected chi connectivity index (χ2v) is 3.72. The number of aromatic amines is 1. The largest absolute Gasteiger partial charge is 0.347 e. The molecule has 0 aliphatic heterocycles. The molecule has 1 heterocycles. The Morgan fingerprint density at radius 3 is 2.79 bits per heavy atom. The van der Waals surface area contributed by atoms with Crippen LogP contribution in [0.15, 0.2) is 29.1 Å². The van der Waals surface area contributed by atoms with E-state index in [1.807, 2.05) is 0 Å². The van der Waals surface area contributed by atoms with Gasteiger partial charge in [0.2, 0.25) is 0 Å². The fraction of sp³-hybridized carbons (Fsp3) is 0.0833. The van der Waals surface area contributed by atoms with Crippen molar-refractivity contribution in [3.8, 4) is 6.07 Å². The molecule has 1 aromatic carbocycles. The molecule has 0 fully saturated rings. The maximum atomic E-state index is 13.6. The zero-order valence-corrected chi connectivity index (χ0v) is 9.82. The molecule has 0 aliphatic carbocycles. The summed E-state index contributed by atoms with van der Waals surface area (Å²) < 4.78 is 26.7. The van der Waals surface area contributed by atoms with Crippen molar-refractivity contribution in [1.29, 1.82) is 5.26 Å². The van der Waals surface area contributed by atoms with E-state index in [1.54, 1.807) is 6.07 Å². The van der Waals surface area contributed by atoms with Crippen molar-refractivity contribution in [1.82, 2.24) is 9.97 Å². The predicted octanol–water partition coefficient (Wildman–Crippen LogP) is 1.69. The third-order valence-corrected chi connectivity index (χ3v) is 2.46. The van der Waals surface area contributed by atoms with Gasteiger partial charge in [-0.2, -0.15) is 10.2 Å². The normalized spacial score (nSPS) is 10.0. The number of nitrogens with one attached hydrogen (secondary N) is 1. The zero-order chi connectivity index (χ0) is 14.0. The Bertz CT molecular complexity index is 720. The minimum Gasteiger partial charge on any atom is -0.327 e. The van der Waals surface area contributed by atoms with E-state index in [9.17, 15) is 13.6 Å². The van der Waals surface area contributed by atoms with Crippen LogP contribution in [0.25, 0.3) is 0 Å². The molecule has 2 aromatic rings. The van der Waals surface area contributed by atoms with Crippen molar-refractivity contribution >= 4 is 11.5 Å². The Balaban J connectivity index is 2.53. The van der Waals surface area contributed by atoms with Gasteiger partial charge in [-0.25, -0.2) is 13.6 Å². The van der Waals surface area contributed by atoms with Gasteiger partial charge in [0.1, 0.15) is 29.2 Å². The van der Waals surface area contributed by atoms with Gasteiger partial charge in [-0.05, 0) is 12.1 Å². The van der Waals surface area contributed by atoms with E-state index in [2.05, 4.69) is 9.97 Å².